The second-order valence-electron chi connectivity index (χ2n) is 5.35. The Hall–Kier alpha value is -2.56. The first kappa shape index (κ1) is 17.8. The molecular weight excluding hydrogens is 309 g/mol. The number of hydrogen-bond acceptors (Lipinski definition) is 3. The summed E-state index contributed by atoms with van der Waals surface area (Å²) < 4.78 is 24.6. The van der Waals surface area contributed by atoms with Gasteiger partial charge in [0.05, 0.1) is 19.3 Å². The van der Waals surface area contributed by atoms with Crippen LogP contribution in [0.2, 0.25) is 0 Å². The number of hydrogen-bond donors (Lipinski definition) is 1. The fourth-order valence-electron chi connectivity index (χ4n) is 2.19. The van der Waals surface area contributed by atoms with Gasteiger partial charge in [-0.3, -0.25) is 4.79 Å². The summed E-state index contributed by atoms with van der Waals surface area (Å²) in [5, 5.41) is 2.70. The van der Waals surface area contributed by atoms with Crippen LogP contribution in [0.5, 0.6) is 11.5 Å². The van der Waals surface area contributed by atoms with Crippen LogP contribution in [0.15, 0.2) is 42.5 Å². The third kappa shape index (κ3) is 4.72. The highest BCUT2D eigenvalue weighted by Crippen LogP contribution is 2.28. The molecule has 1 amide bonds. The lowest BCUT2D eigenvalue weighted by molar-refractivity contribution is 0.0947. The molecule has 0 heterocycles. The highest BCUT2D eigenvalue weighted by atomic mass is 19.1. The molecule has 128 valence electrons. The highest BCUT2D eigenvalue weighted by molar-refractivity contribution is 5.94. The lowest BCUT2D eigenvalue weighted by Crippen LogP contribution is -2.23. The number of amides is 1. The molecule has 0 aliphatic carbocycles. The zero-order valence-electron chi connectivity index (χ0n) is 14.0. The highest BCUT2D eigenvalue weighted by Gasteiger charge is 2.11. The van der Waals surface area contributed by atoms with E-state index < -0.39 is 11.7 Å². The summed E-state index contributed by atoms with van der Waals surface area (Å²) in [5.74, 6) is 0.307. The molecule has 0 atom stereocenters. The number of benzene rings is 2. The lowest BCUT2D eigenvalue weighted by Gasteiger charge is -2.12. The van der Waals surface area contributed by atoms with Crippen LogP contribution in [0.1, 0.15) is 35.7 Å². The van der Waals surface area contributed by atoms with E-state index in [-0.39, 0.29) is 12.1 Å². The van der Waals surface area contributed by atoms with Gasteiger partial charge in [0, 0.05) is 6.54 Å². The van der Waals surface area contributed by atoms with Gasteiger partial charge in [0.2, 0.25) is 0 Å². The molecule has 0 bridgehead atoms. The summed E-state index contributed by atoms with van der Waals surface area (Å²) in [4.78, 5) is 12.0. The zero-order chi connectivity index (χ0) is 17.4. The molecule has 0 fully saturated rings. The Morgan fingerprint density at radius 1 is 1.17 bits per heavy atom. The molecule has 5 heteroatoms. The van der Waals surface area contributed by atoms with Gasteiger partial charge in [-0.1, -0.05) is 31.5 Å². The number of rotatable bonds is 8. The van der Waals surface area contributed by atoms with Crippen molar-refractivity contribution in [3.05, 3.63) is 59.4 Å². The fourth-order valence-corrected chi connectivity index (χ4v) is 2.19. The average molecular weight is 331 g/mol. The third-order valence-corrected chi connectivity index (χ3v) is 3.56. The summed E-state index contributed by atoms with van der Waals surface area (Å²) in [6, 6.07) is 11.4. The molecule has 0 saturated heterocycles. The summed E-state index contributed by atoms with van der Waals surface area (Å²) in [5.41, 5.74) is 0.878. The zero-order valence-corrected chi connectivity index (χ0v) is 14.0. The van der Waals surface area contributed by atoms with Crippen LogP contribution in [0.4, 0.5) is 4.39 Å². The number of carbonyl (C=O) groups is 1. The molecule has 2 rings (SSSR count). The molecule has 0 aliphatic heterocycles. The van der Waals surface area contributed by atoms with Crippen molar-refractivity contribution in [3.63, 3.8) is 0 Å². The molecule has 0 unspecified atom stereocenters. The van der Waals surface area contributed by atoms with E-state index in [1.807, 2.05) is 18.2 Å². The smallest absolute Gasteiger partial charge is 0.254 e. The van der Waals surface area contributed by atoms with Gasteiger partial charge in [0.25, 0.3) is 5.91 Å². The van der Waals surface area contributed by atoms with Crippen LogP contribution in [0, 0.1) is 5.82 Å². The van der Waals surface area contributed by atoms with Gasteiger partial charge in [-0.2, -0.15) is 0 Å². The predicted octanol–water partition coefficient (Wildman–Crippen LogP) is 3.94. The molecule has 2 aromatic carbocycles. The van der Waals surface area contributed by atoms with Crippen molar-refractivity contribution in [1.82, 2.24) is 5.32 Å². The van der Waals surface area contributed by atoms with Crippen molar-refractivity contribution < 1.29 is 18.7 Å². The van der Waals surface area contributed by atoms with Crippen LogP contribution in [0.25, 0.3) is 0 Å². The normalized spacial score (nSPS) is 10.3. The van der Waals surface area contributed by atoms with Crippen molar-refractivity contribution in [2.45, 2.75) is 26.3 Å². The monoisotopic (exact) mass is 331 g/mol. The molecule has 0 spiro atoms. The minimum atomic E-state index is -0.535. The van der Waals surface area contributed by atoms with Crippen molar-refractivity contribution >= 4 is 5.91 Å². The molecule has 0 aromatic heterocycles. The van der Waals surface area contributed by atoms with Gasteiger partial charge in [0.15, 0.2) is 11.5 Å². The van der Waals surface area contributed by atoms with Crippen LogP contribution >= 0.6 is 0 Å². The van der Waals surface area contributed by atoms with Gasteiger partial charge in [-0.15, -0.1) is 0 Å². The van der Waals surface area contributed by atoms with Gasteiger partial charge < -0.3 is 14.8 Å². The number of carbonyl (C=O) groups excluding carboxylic acids is 1. The topological polar surface area (TPSA) is 47.6 Å². The van der Waals surface area contributed by atoms with E-state index in [1.54, 1.807) is 19.2 Å². The van der Waals surface area contributed by atoms with Crippen molar-refractivity contribution in [3.8, 4) is 11.5 Å². The Morgan fingerprint density at radius 3 is 2.67 bits per heavy atom. The first-order chi connectivity index (χ1) is 11.7. The molecule has 0 aliphatic rings. The summed E-state index contributed by atoms with van der Waals surface area (Å²) in [6.07, 6.45) is 2.03. The molecular formula is C19H22FNO3. The van der Waals surface area contributed by atoms with Crippen LogP contribution in [0.3, 0.4) is 0 Å². The molecule has 4 nitrogen and oxygen atoms in total. The minimum absolute atomic E-state index is 0.0315. The van der Waals surface area contributed by atoms with Crippen molar-refractivity contribution in [2.75, 3.05) is 13.7 Å². The van der Waals surface area contributed by atoms with E-state index in [2.05, 4.69) is 12.2 Å². The third-order valence-electron chi connectivity index (χ3n) is 3.56. The van der Waals surface area contributed by atoms with E-state index in [1.165, 1.54) is 12.1 Å². The quantitative estimate of drug-likeness (QED) is 0.745. The molecule has 24 heavy (non-hydrogen) atoms. The number of halogens is 1. The van der Waals surface area contributed by atoms with Gasteiger partial charge >= 0.3 is 0 Å². The largest absolute Gasteiger partial charge is 0.493 e. The Labute approximate surface area is 141 Å². The van der Waals surface area contributed by atoms with E-state index in [4.69, 9.17) is 9.47 Å². The van der Waals surface area contributed by atoms with Crippen LogP contribution < -0.4 is 14.8 Å². The summed E-state index contributed by atoms with van der Waals surface area (Å²) >= 11 is 0. The number of unbranched alkanes of at least 4 members (excludes halogenated alkanes) is 1. The number of ether oxygens (including phenoxy) is 2. The minimum Gasteiger partial charge on any atom is -0.493 e. The standard InChI is InChI=1S/C19H22FNO3/c1-3-4-11-24-17-10-9-14(12-18(17)23-2)13-21-19(22)15-7-5-6-8-16(15)20/h5-10,12H,3-4,11,13H2,1-2H3,(H,21,22). The van der Waals surface area contributed by atoms with E-state index in [0.29, 0.717) is 18.1 Å². The Kier molecular flexibility index (Phi) is 6.61. The van der Waals surface area contributed by atoms with Crippen LogP contribution in [-0.4, -0.2) is 19.6 Å². The van der Waals surface area contributed by atoms with Gasteiger partial charge in [0.1, 0.15) is 5.82 Å². The Balaban J connectivity index is 2.00. The van der Waals surface area contributed by atoms with Crippen molar-refractivity contribution in [1.29, 1.82) is 0 Å². The van der Waals surface area contributed by atoms with E-state index in [9.17, 15) is 9.18 Å². The average Bonchev–Trinajstić information content (AvgIpc) is 2.61. The number of nitrogens with one attached hydrogen (secondary N) is 1. The predicted molar refractivity (Wildman–Crippen MR) is 91.0 cm³/mol. The van der Waals surface area contributed by atoms with Gasteiger partial charge in [-0.25, -0.2) is 4.39 Å². The van der Waals surface area contributed by atoms with E-state index in [0.717, 1.165) is 18.4 Å². The maximum atomic E-state index is 13.6. The SMILES string of the molecule is CCCCOc1ccc(CNC(=O)c2ccccc2F)cc1OC. The summed E-state index contributed by atoms with van der Waals surface area (Å²) in [7, 11) is 1.57. The Bertz CT molecular complexity index is 688. The maximum Gasteiger partial charge on any atom is 0.254 e. The molecule has 2 aromatic rings. The second-order valence-corrected chi connectivity index (χ2v) is 5.35. The van der Waals surface area contributed by atoms with Crippen molar-refractivity contribution in [2.24, 2.45) is 0 Å². The molecule has 0 radical (unpaired) electrons. The fraction of sp³-hybridized carbons (Fsp3) is 0.316. The number of methoxy groups -OCH3 is 1. The van der Waals surface area contributed by atoms with Crippen LogP contribution in [-0.2, 0) is 6.54 Å². The first-order valence-corrected chi connectivity index (χ1v) is 7.98. The van der Waals surface area contributed by atoms with Gasteiger partial charge in [-0.05, 0) is 36.2 Å². The molecule has 0 saturated carbocycles. The second kappa shape index (κ2) is 8.91. The Morgan fingerprint density at radius 2 is 1.96 bits per heavy atom. The van der Waals surface area contributed by atoms with E-state index >= 15 is 0 Å². The lowest BCUT2D eigenvalue weighted by atomic mass is 10.1. The molecule has 1 N–H and O–H groups in total. The summed E-state index contributed by atoms with van der Waals surface area (Å²) in [6.45, 7) is 3.01. The first-order valence-electron chi connectivity index (χ1n) is 7.98. The maximum absolute atomic E-state index is 13.6.